The van der Waals surface area contributed by atoms with Gasteiger partial charge >= 0.3 is 12.2 Å². The zero-order valence-electron chi connectivity index (χ0n) is 36.1. The van der Waals surface area contributed by atoms with Crippen molar-refractivity contribution in [1.82, 2.24) is 19.8 Å². The molecule has 2 fully saturated rings. The minimum Gasteiger partial charge on any atom is -0.444 e. The molecule has 4 heterocycles. The fourth-order valence-corrected chi connectivity index (χ4v) is 8.25. The van der Waals surface area contributed by atoms with E-state index in [1.165, 1.54) is 24.5 Å². The van der Waals surface area contributed by atoms with Crippen LogP contribution in [0.5, 0.6) is 0 Å². The highest BCUT2D eigenvalue weighted by atomic mass is 32.2. The quantitative estimate of drug-likeness (QED) is 0.173. The predicted molar refractivity (Wildman–Crippen MR) is 224 cm³/mol. The molecule has 324 valence electrons. The Morgan fingerprint density at radius 3 is 1.60 bits per heavy atom. The molecule has 14 nitrogen and oxygen atoms in total. The number of hydrogen-bond acceptors (Lipinski definition) is 10. The van der Waals surface area contributed by atoms with Crippen LogP contribution < -0.4 is 10.3 Å². The fourth-order valence-electron chi connectivity index (χ4n) is 7.33. The van der Waals surface area contributed by atoms with Crippen LogP contribution in [0.4, 0.5) is 9.59 Å². The van der Waals surface area contributed by atoms with E-state index >= 15 is 0 Å². The summed E-state index contributed by atoms with van der Waals surface area (Å²) in [5.74, 6) is 6.92. The molecule has 2 unspecified atom stereocenters. The van der Waals surface area contributed by atoms with Gasteiger partial charge in [0.25, 0.3) is 0 Å². The maximum absolute atomic E-state index is 12.5. The molecule has 16 heteroatoms. The van der Waals surface area contributed by atoms with E-state index in [0.29, 0.717) is 30.5 Å². The van der Waals surface area contributed by atoms with E-state index in [1.54, 1.807) is 12.1 Å². The second-order valence-electron chi connectivity index (χ2n) is 18.7. The van der Waals surface area contributed by atoms with Crippen LogP contribution in [0.15, 0.2) is 46.5 Å². The molecule has 2 aliphatic rings. The Morgan fingerprint density at radius 2 is 1.19 bits per heavy atom. The number of sulfonamides is 2. The molecule has 4 rings (SSSR count). The molecule has 2 aromatic heterocycles. The Morgan fingerprint density at radius 1 is 0.724 bits per heavy atom. The summed E-state index contributed by atoms with van der Waals surface area (Å²) in [6.07, 6.45) is 11.7. The predicted octanol–water partition coefficient (Wildman–Crippen LogP) is 7.15. The Bertz CT molecular complexity index is 1980. The highest BCUT2D eigenvalue weighted by Gasteiger charge is 2.43. The van der Waals surface area contributed by atoms with Crippen molar-refractivity contribution in [2.45, 2.75) is 166 Å². The van der Waals surface area contributed by atoms with Gasteiger partial charge in [-0.2, -0.15) is 0 Å². The van der Waals surface area contributed by atoms with Crippen LogP contribution in [0.3, 0.4) is 0 Å². The molecular weight excluding hydrogens is 781 g/mol. The number of pyridine rings is 2. The van der Waals surface area contributed by atoms with E-state index in [0.717, 1.165) is 70.0 Å². The van der Waals surface area contributed by atoms with Crippen molar-refractivity contribution in [3.63, 3.8) is 0 Å². The first-order valence-corrected chi connectivity index (χ1v) is 23.1. The molecular formula is C42H66N6O8S2. The number of primary sulfonamides is 2. The first-order valence-electron chi connectivity index (χ1n) is 20.0. The molecule has 2 saturated heterocycles. The van der Waals surface area contributed by atoms with Gasteiger partial charge in [-0.05, 0) is 156 Å². The zero-order chi connectivity index (χ0) is 43.7. The van der Waals surface area contributed by atoms with Crippen LogP contribution in [-0.2, 0) is 35.9 Å². The van der Waals surface area contributed by atoms with Gasteiger partial charge in [-0.25, -0.2) is 41.7 Å². The number of aromatic nitrogens is 2. The fraction of sp³-hybridized carbons (Fsp3) is 0.667. The number of aryl methyl sites for hydroxylation is 1. The van der Waals surface area contributed by atoms with Crippen molar-refractivity contribution < 1.29 is 35.9 Å². The topological polar surface area (TPSA) is 205 Å². The summed E-state index contributed by atoms with van der Waals surface area (Å²) in [6, 6.07) is 6.17. The van der Waals surface area contributed by atoms with Crippen LogP contribution >= 0.6 is 0 Å². The van der Waals surface area contributed by atoms with Crippen molar-refractivity contribution in [2.75, 3.05) is 13.1 Å². The van der Waals surface area contributed by atoms with E-state index in [-0.39, 0.29) is 33.1 Å². The molecule has 2 atom stereocenters. The third-order valence-corrected chi connectivity index (χ3v) is 11.8. The summed E-state index contributed by atoms with van der Waals surface area (Å²) in [4.78, 5) is 36.9. The largest absolute Gasteiger partial charge is 0.444 e. The summed E-state index contributed by atoms with van der Waals surface area (Å²) in [5.41, 5.74) is 0.00844. The number of carbonyl (C=O) groups is 2. The molecule has 0 spiro atoms. The number of carbonyl (C=O) groups excluding carboxylic acids is 2. The minimum absolute atomic E-state index is 0.0264. The summed E-state index contributed by atoms with van der Waals surface area (Å²) in [7, 11) is -7.42. The lowest BCUT2D eigenvalue weighted by Gasteiger charge is -2.33. The van der Waals surface area contributed by atoms with Gasteiger partial charge in [-0.15, -0.1) is 0 Å². The molecule has 0 bridgehead atoms. The third-order valence-electron chi connectivity index (χ3n) is 10.0. The second kappa shape index (κ2) is 19.5. The van der Waals surface area contributed by atoms with E-state index < -0.39 is 31.2 Å². The van der Waals surface area contributed by atoms with Crippen molar-refractivity contribution in [2.24, 2.45) is 22.1 Å². The number of nitrogens with zero attached hydrogens (tertiary/aromatic N) is 4. The maximum atomic E-state index is 12.5. The van der Waals surface area contributed by atoms with Crippen LogP contribution in [0, 0.1) is 23.7 Å². The maximum Gasteiger partial charge on any atom is 0.410 e. The SMILES string of the molecule is CC(C)(C)OC(=O)N1CC(CCCC#Cc2ccc(S(N)(=O)=O)cn2)CC1(C)C.CC(C)(C)OC(=O)N1CC(CCCCCc2ccc(S(N)(=O)=O)cn2)CC1(C)C. The monoisotopic (exact) mass is 846 g/mol. The first-order chi connectivity index (χ1) is 26.6. The number of likely N-dealkylation sites (tertiary alicyclic amines) is 2. The van der Waals surface area contributed by atoms with E-state index in [9.17, 15) is 26.4 Å². The molecule has 0 aliphatic carbocycles. The van der Waals surface area contributed by atoms with E-state index in [2.05, 4.69) is 49.5 Å². The molecule has 2 aromatic rings. The zero-order valence-corrected chi connectivity index (χ0v) is 37.8. The number of nitrogens with two attached hydrogens (primary N) is 2. The average Bonchev–Trinajstić information content (AvgIpc) is 3.56. The number of ether oxygens (including phenoxy) is 2. The molecule has 4 N–H and O–H groups in total. The number of hydrogen-bond donors (Lipinski definition) is 2. The van der Waals surface area contributed by atoms with Gasteiger partial charge < -0.3 is 19.3 Å². The van der Waals surface area contributed by atoms with Gasteiger partial charge in [0, 0.05) is 48.7 Å². The molecule has 0 saturated carbocycles. The Hall–Kier alpha value is -3.78. The van der Waals surface area contributed by atoms with Gasteiger partial charge in [0.15, 0.2) is 0 Å². The lowest BCUT2D eigenvalue weighted by Crippen LogP contribution is -2.45. The highest BCUT2D eigenvalue weighted by molar-refractivity contribution is 7.89. The van der Waals surface area contributed by atoms with Crippen LogP contribution in [0.1, 0.15) is 138 Å². The van der Waals surface area contributed by atoms with Gasteiger partial charge in [0.05, 0.1) is 0 Å². The smallest absolute Gasteiger partial charge is 0.410 e. The summed E-state index contributed by atoms with van der Waals surface area (Å²) < 4.78 is 56.0. The minimum atomic E-state index is -3.74. The molecule has 2 amide bonds. The van der Waals surface area contributed by atoms with Crippen molar-refractivity contribution in [3.8, 4) is 11.8 Å². The molecule has 2 aliphatic heterocycles. The lowest BCUT2D eigenvalue weighted by atomic mass is 9.92. The summed E-state index contributed by atoms with van der Waals surface area (Å²) in [6.45, 7) is 21.1. The van der Waals surface area contributed by atoms with Crippen molar-refractivity contribution >= 4 is 32.2 Å². The molecule has 0 radical (unpaired) electrons. The summed E-state index contributed by atoms with van der Waals surface area (Å²) >= 11 is 0. The third kappa shape index (κ3) is 16.1. The van der Waals surface area contributed by atoms with E-state index in [1.807, 2.05) is 51.3 Å². The number of rotatable bonds is 11. The Labute approximate surface area is 347 Å². The lowest BCUT2D eigenvalue weighted by molar-refractivity contribution is 0.0118. The number of amides is 2. The first kappa shape index (κ1) is 48.6. The van der Waals surface area contributed by atoms with Crippen LogP contribution in [0.2, 0.25) is 0 Å². The Kier molecular flexibility index (Phi) is 16.4. The van der Waals surface area contributed by atoms with Gasteiger partial charge in [0.2, 0.25) is 20.0 Å². The van der Waals surface area contributed by atoms with Gasteiger partial charge in [0.1, 0.15) is 26.7 Å². The summed E-state index contributed by atoms with van der Waals surface area (Å²) in [5, 5.41) is 10.1. The second-order valence-corrected chi connectivity index (χ2v) is 21.8. The molecule has 58 heavy (non-hydrogen) atoms. The van der Waals surface area contributed by atoms with E-state index in [4.69, 9.17) is 19.8 Å². The van der Waals surface area contributed by atoms with Crippen LogP contribution in [-0.4, -0.2) is 84.2 Å². The average molecular weight is 847 g/mol. The normalized spacial score (nSPS) is 19.1. The standard InChI is InChI=1S/C21H35N3O4S.C21H31N3O4S/c2*1-20(2,3)28-19(25)24-15-16(13-21(24,4)5)9-7-6-8-10-17-11-12-18(14-23-17)29(22,26)27/h11-12,14,16H,6-10,13,15H2,1-5H3,(H2,22,26,27);11-12,14,16H,6-7,9,13,15H2,1-5H3,(H2,22,26,27). The number of unbranched alkanes of at least 4 members (excludes halogenated alkanes) is 3. The van der Waals surface area contributed by atoms with Crippen molar-refractivity contribution in [1.29, 1.82) is 0 Å². The van der Waals surface area contributed by atoms with Crippen LogP contribution in [0.25, 0.3) is 0 Å². The van der Waals surface area contributed by atoms with Gasteiger partial charge in [-0.3, -0.25) is 4.98 Å². The van der Waals surface area contributed by atoms with Gasteiger partial charge in [-0.1, -0.05) is 18.8 Å². The Balaban J connectivity index is 0.000000310. The molecule has 0 aromatic carbocycles. The highest BCUT2D eigenvalue weighted by Crippen LogP contribution is 2.37. The van der Waals surface area contributed by atoms with Crippen molar-refractivity contribution in [3.05, 3.63) is 48.0 Å².